The van der Waals surface area contributed by atoms with Crippen LogP contribution >= 0.6 is 0 Å². The number of anilines is 2. The van der Waals surface area contributed by atoms with E-state index in [9.17, 15) is 5.11 Å². The van der Waals surface area contributed by atoms with Gasteiger partial charge in [-0.1, -0.05) is 19.1 Å². The predicted molar refractivity (Wildman–Crippen MR) is 85.6 cm³/mol. The number of hydrogen-bond donors (Lipinski definition) is 3. The molecule has 0 amide bonds. The third-order valence-corrected chi connectivity index (χ3v) is 4.01. The summed E-state index contributed by atoms with van der Waals surface area (Å²) in [7, 11) is 0. The molecule has 21 heavy (non-hydrogen) atoms. The number of nitrogens with zero attached hydrogens (tertiary/aromatic N) is 2. The first-order valence-corrected chi connectivity index (χ1v) is 7.67. The minimum absolute atomic E-state index is 0.543. The molecule has 0 atom stereocenters. The van der Waals surface area contributed by atoms with Crippen LogP contribution in [-0.4, -0.2) is 33.8 Å². The molecule has 0 radical (unpaired) electrons. The topological polar surface area (TPSA) is 70.1 Å². The quantitative estimate of drug-likeness (QED) is 0.761. The van der Waals surface area contributed by atoms with Gasteiger partial charge in [-0.2, -0.15) is 4.98 Å². The Balaban J connectivity index is 1.86. The van der Waals surface area contributed by atoms with E-state index in [1.807, 2.05) is 24.3 Å². The highest BCUT2D eigenvalue weighted by atomic mass is 16.3. The van der Waals surface area contributed by atoms with Gasteiger partial charge in [0.1, 0.15) is 5.82 Å². The standard InChI is InChI=1S/C16H22N4O/c1-2-10-17-15-19-13-7-4-3-6-12(13)14(20-15)18-11-16(21)8-5-9-16/h3-4,6-7,21H,2,5,8-11H2,1H3,(H2,17,18,19,20). The smallest absolute Gasteiger partial charge is 0.225 e. The van der Waals surface area contributed by atoms with Gasteiger partial charge in [0.05, 0.1) is 11.1 Å². The lowest BCUT2D eigenvalue weighted by atomic mass is 9.80. The molecule has 5 heteroatoms. The first kappa shape index (κ1) is 14.1. The molecule has 0 bridgehead atoms. The Kier molecular flexibility index (Phi) is 3.92. The van der Waals surface area contributed by atoms with Crippen LogP contribution in [0.25, 0.3) is 10.9 Å². The second-order valence-electron chi connectivity index (χ2n) is 5.77. The van der Waals surface area contributed by atoms with E-state index in [-0.39, 0.29) is 0 Å². The molecule has 2 aromatic rings. The van der Waals surface area contributed by atoms with Crippen LogP contribution in [0.4, 0.5) is 11.8 Å². The Bertz CT molecular complexity index is 625. The van der Waals surface area contributed by atoms with Gasteiger partial charge < -0.3 is 15.7 Å². The van der Waals surface area contributed by atoms with Crippen molar-refractivity contribution in [1.29, 1.82) is 0 Å². The number of benzene rings is 1. The van der Waals surface area contributed by atoms with Gasteiger partial charge in [0.25, 0.3) is 0 Å². The summed E-state index contributed by atoms with van der Waals surface area (Å²) in [5.41, 5.74) is 0.345. The molecule has 1 aromatic heterocycles. The van der Waals surface area contributed by atoms with Gasteiger partial charge in [0, 0.05) is 18.5 Å². The lowest BCUT2D eigenvalue weighted by molar-refractivity contribution is -0.0202. The normalized spacial score (nSPS) is 16.5. The largest absolute Gasteiger partial charge is 0.388 e. The van der Waals surface area contributed by atoms with Crippen molar-refractivity contribution in [2.75, 3.05) is 23.7 Å². The molecule has 1 aliphatic rings. The highest BCUT2D eigenvalue weighted by Gasteiger charge is 2.34. The van der Waals surface area contributed by atoms with Gasteiger partial charge in [-0.25, -0.2) is 4.98 Å². The number of aromatic nitrogens is 2. The monoisotopic (exact) mass is 286 g/mol. The first-order chi connectivity index (χ1) is 10.2. The van der Waals surface area contributed by atoms with Crippen LogP contribution in [0.5, 0.6) is 0 Å². The van der Waals surface area contributed by atoms with E-state index in [2.05, 4.69) is 27.5 Å². The summed E-state index contributed by atoms with van der Waals surface area (Å²) < 4.78 is 0. The zero-order chi connectivity index (χ0) is 14.7. The second kappa shape index (κ2) is 5.85. The molecule has 0 saturated heterocycles. The minimum atomic E-state index is -0.566. The maximum absolute atomic E-state index is 10.2. The Labute approximate surface area is 124 Å². The van der Waals surface area contributed by atoms with Crippen molar-refractivity contribution in [2.45, 2.75) is 38.2 Å². The molecule has 0 unspecified atom stereocenters. The van der Waals surface area contributed by atoms with Crippen LogP contribution in [0.3, 0.4) is 0 Å². The molecule has 0 spiro atoms. The SMILES string of the molecule is CCCNc1nc(NCC2(O)CCC2)c2ccccc2n1. The Morgan fingerprint density at radius 2 is 2.00 bits per heavy atom. The summed E-state index contributed by atoms with van der Waals surface area (Å²) in [6.07, 6.45) is 3.86. The molecular weight excluding hydrogens is 264 g/mol. The van der Waals surface area contributed by atoms with Crippen molar-refractivity contribution < 1.29 is 5.11 Å². The summed E-state index contributed by atoms with van der Waals surface area (Å²) in [6, 6.07) is 7.94. The van der Waals surface area contributed by atoms with Gasteiger partial charge in [-0.15, -0.1) is 0 Å². The molecule has 112 valence electrons. The summed E-state index contributed by atoms with van der Waals surface area (Å²) in [6.45, 7) is 3.50. The van der Waals surface area contributed by atoms with Crippen molar-refractivity contribution >= 4 is 22.7 Å². The fourth-order valence-electron chi connectivity index (χ4n) is 2.54. The predicted octanol–water partition coefficient (Wildman–Crippen LogP) is 2.78. The highest BCUT2D eigenvalue weighted by molar-refractivity contribution is 5.90. The minimum Gasteiger partial charge on any atom is -0.388 e. The van der Waals surface area contributed by atoms with Crippen LogP contribution < -0.4 is 10.6 Å². The van der Waals surface area contributed by atoms with Crippen molar-refractivity contribution in [3.8, 4) is 0 Å². The number of nitrogens with one attached hydrogen (secondary N) is 2. The van der Waals surface area contributed by atoms with E-state index in [0.29, 0.717) is 12.5 Å². The van der Waals surface area contributed by atoms with Crippen molar-refractivity contribution in [3.63, 3.8) is 0 Å². The Hall–Kier alpha value is -1.88. The summed E-state index contributed by atoms with van der Waals surface area (Å²) >= 11 is 0. The number of hydrogen-bond acceptors (Lipinski definition) is 5. The van der Waals surface area contributed by atoms with Gasteiger partial charge in [0.15, 0.2) is 0 Å². The van der Waals surface area contributed by atoms with Crippen LogP contribution in [-0.2, 0) is 0 Å². The number of para-hydroxylation sites is 1. The van der Waals surface area contributed by atoms with E-state index in [1.165, 1.54) is 0 Å². The third kappa shape index (κ3) is 3.08. The van der Waals surface area contributed by atoms with Crippen LogP contribution in [0.2, 0.25) is 0 Å². The fourth-order valence-corrected chi connectivity index (χ4v) is 2.54. The van der Waals surface area contributed by atoms with E-state index in [4.69, 9.17) is 0 Å². The van der Waals surface area contributed by atoms with E-state index < -0.39 is 5.60 Å². The molecule has 3 rings (SSSR count). The van der Waals surface area contributed by atoms with E-state index in [1.54, 1.807) is 0 Å². The first-order valence-electron chi connectivity index (χ1n) is 7.67. The average Bonchev–Trinajstić information content (AvgIpc) is 2.48. The number of aliphatic hydroxyl groups is 1. The van der Waals surface area contributed by atoms with Crippen molar-refractivity contribution in [2.24, 2.45) is 0 Å². The molecule has 3 N–H and O–H groups in total. The zero-order valence-corrected chi connectivity index (χ0v) is 12.4. The molecule has 0 aliphatic heterocycles. The molecule has 1 fully saturated rings. The van der Waals surface area contributed by atoms with E-state index >= 15 is 0 Å². The lowest BCUT2D eigenvalue weighted by Crippen LogP contribution is -2.43. The van der Waals surface area contributed by atoms with Crippen LogP contribution in [0, 0.1) is 0 Å². The maximum Gasteiger partial charge on any atom is 0.225 e. The number of rotatable bonds is 6. The van der Waals surface area contributed by atoms with Gasteiger partial charge in [-0.3, -0.25) is 0 Å². The van der Waals surface area contributed by atoms with Gasteiger partial charge >= 0.3 is 0 Å². The van der Waals surface area contributed by atoms with Crippen molar-refractivity contribution in [1.82, 2.24) is 9.97 Å². The highest BCUT2D eigenvalue weighted by Crippen LogP contribution is 2.32. The molecule has 1 heterocycles. The zero-order valence-electron chi connectivity index (χ0n) is 12.4. The van der Waals surface area contributed by atoms with E-state index in [0.717, 1.165) is 48.9 Å². The maximum atomic E-state index is 10.2. The molecule has 1 aliphatic carbocycles. The van der Waals surface area contributed by atoms with Crippen LogP contribution in [0.1, 0.15) is 32.6 Å². The average molecular weight is 286 g/mol. The number of fused-ring (bicyclic) bond motifs is 1. The Morgan fingerprint density at radius 1 is 1.19 bits per heavy atom. The van der Waals surface area contributed by atoms with Gasteiger partial charge in [-0.05, 0) is 37.8 Å². The summed E-state index contributed by atoms with van der Waals surface area (Å²) in [5, 5.41) is 17.8. The molecule has 1 saturated carbocycles. The fraction of sp³-hybridized carbons (Fsp3) is 0.500. The van der Waals surface area contributed by atoms with Crippen molar-refractivity contribution in [3.05, 3.63) is 24.3 Å². The lowest BCUT2D eigenvalue weighted by Gasteiger charge is -2.36. The second-order valence-corrected chi connectivity index (χ2v) is 5.77. The molecule has 1 aromatic carbocycles. The molecule has 5 nitrogen and oxygen atoms in total. The third-order valence-electron chi connectivity index (χ3n) is 4.01. The van der Waals surface area contributed by atoms with Gasteiger partial charge in [0.2, 0.25) is 5.95 Å². The van der Waals surface area contributed by atoms with Crippen LogP contribution in [0.15, 0.2) is 24.3 Å². The Morgan fingerprint density at radius 3 is 2.71 bits per heavy atom. The molecular formula is C16H22N4O. The summed E-state index contributed by atoms with van der Waals surface area (Å²) in [4.78, 5) is 9.08. The summed E-state index contributed by atoms with van der Waals surface area (Å²) in [5.74, 6) is 1.43.